The standard InChI is InChI=1S/C14H24NO9P/c1-9(2)7-22-13(18)11-4-3-10(11)5-15(6-12(16)17)14(19)23-8-24-25(20)21/h9-11,20-21H,3-8H2,1-2H3,(H,16,17). The second kappa shape index (κ2) is 10.5. The van der Waals surface area contributed by atoms with E-state index in [4.69, 9.17) is 19.6 Å². The quantitative estimate of drug-likeness (QED) is 0.286. The molecule has 1 rings (SSSR count). The Kier molecular flexibility index (Phi) is 9.05. The lowest BCUT2D eigenvalue weighted by Crippen LogP contribution is -2.46. The van der Waals surface area contributed by atoms with Gasteiger partial charge in [0.15, 0.2) is 0 Å². The Morgan fingerprint density at radius 3 is 2.36 bits per heavy atom. The van der Waals surface area contributed by atoms with Crippen molar-refractivity contribution < 1.29 is 43.3 Å². The number of hydrogen-bond donors (Lipinski definition) is 3. The molecule has 2 unspecified atom stereocenters. The predicted octanol–water partition coefficient (Wildman–Crippen LogP) is 0.921. The van der Waals surface area contributed by atoms with E-state index in [9.17, 15) is 14.4 Å². The number of carbonyl (C=O) groups is 3. The van der Waals surface area contributed by atoms with E-state index in [1.54, 1.807) is 0 Å². The normalized spacial score (nSPS) is 19.4. The summed E-state index contributed by atoms with van der Waals surface area (Å²) in [7, 11) is -2.67. The second-order valence-electron chi connectivity index (χ2n) is 6.15. The van der Waals surface area contributed by atoms with Crippen molar-refractivity contribution in [2.75, 3.05) is 26.5 Å². The Bertz CT molecular complexity index is 471. The fourth-order valence-corrected chi connectivity index (χ4v) is 2.47. The molecule has 1 amide bonds. The van der Waals surface area contributed by atoms with Crippen LogP contribution in [0.25, 0.3) is 0 Å². The number of ether oxygens (including phenoxy) is 2. The molecule has 0 heterocycles. The van der Waals surface area contributed by atoms with Gasteiger partial charge in [0.05, 0.1) is 12.5 Å². The van der Waals surface area contributed by atoms with Gasteiger partial charge in [-0.2, -0.15) is 0 Å². The van der Waals surface area contributed by atoms with Crippen molar-refractivity contribution in [3.63, 3.8) is 0 Å². The molecule has 0 aromatic rings. The summed E-state index contributed by atoms with van der Waals surface area (Å²) in [6, 6.07) is 0. The van der Waals surface area contributed by atoms with E-state index < -0.39 is 34.0 Å². The van der Waals surface area contributed by atoms with Crippen molar-refractivity contribution in [3.8, 4) is 0 Å². The van der Waals surface area contributed by atoms with Crippen molar-refractivity contribution in [2.45, 2.75) is 26.7 Å². The molecule has 0 radical (unpaired) electrons. The van der Waals surface area contributed by atoms with Crippen LogP contribution in [0.3, 0.4) is 0 Å². The monoisotopic (exact) mass is 381 g/mol. The molecule has 25 heavy (non-hydrogen) atoms. The Hall–Kier alpha value is -1.48. The van der Waals surface area contributed by atoms with Gasteiger partial charge >= 0.3 is 26.6 Å². The van der Waals surface area contributed by atoms with Crippen LogP contribution in [0, 0.1) is 17.8 Å². The third-order valence-electron chi connectivity index (χ3n) is 3.67. The van der Waals surface area contributed by atoms with Crippen LogP contribution >= 0.6 is 8.60 Å². The van der Waals surface area contributed by atoms with Crippen LogP contribution in [-0.4, -0.2) is 64.3 Å². The summed E-state index contributed by atoms with van der Waals surface area (Å²) < 4.78 is 14.1. The molecular formula is C14H24NO9P. The van der Waals surface area contributed by atoms with Crippen LogP contribution in [0.5, 0.6) is 0 Å². The third kappa shape index (κ3) is 7.96. The van der Waals surface area contributed by atoms with Gasteiger partial charge in [-0.3, -0.25) is 19.0 Å². The van der Waals surface area contributed by atoms with Gasteiger partial charge in [0.1, 0.15) is 6.54 Å². The summed E-state index contributed by atoms with van der Waals surface area (Å²) in [6.07, 6.45) is 0.320. The second-order valence-corrected chi connectivity index (χ2v) is 6.92. The lowest BCUT2D eigenvalue weighted by Gasteiger charge is -2.37. The van der Waals surface area contributed by atoms with Crippen molar-refractivity contribution in [1.29, 1.82) is 0 Å². The SMILES string of the molecule is CC(C)COC(=O)C1CCC1CN(CC(=O)O)C(=O)OCOP(O)O. The summed E-state index contributed by atoms with van der Waals surface area (Å²) in [4.78, 5) is 52.9. The average molecular weight is 381 g/mol. The van der Waals surface area contributed by atoms with Crippen LogP contribution in [0.4, 0.5) is 4.79 Å². The van der Waals surface area contributed by atoms with E-state index >= 15 is 0 Å². The zero-order valence-corrected chi connectivity index (χ0v) is 15.1. The molecule has 2 atom stereocenters. The maximum Gasteiger partial charge on any atom is 0.412 e. The highest BCUT2D eigenvalue weighted by molar-refractivity contribution is 7.39. The summed E-state index contributed by atoms with van der Waals surface area (Å²) in [5.74, 6) is -1.95. The molecule has 144 valence electrons. The Morgan fingerprint density at radius 2 is 1.88 bits per heavy atom. The first kappa shape index (κ1) is 21.6. The number of nitrogens with zero attached hydrogens (tertiary/aromatic N) is 1. The molecule has 0 spiro atoms. The van der Waals surface area contributed by atoms with Crippen molar-refractivity contribution in [3.05, 3.63) is 0 Å². The lowest BCUT2D eigenvalue weighted by atomic mass is 9.73. The molecule has 10 nitrogen and oxygen atoms in total. The van der Waals surface area contributed by atoms with Gasteiger partial charge in [-0.15, -0.1) is 0 Å². The smallest absolute Gasteiger partial charge is 0.412 e. The maximum atomic E-state index is 12.0. The van der Waals surface area contributed by atoms with Gasteiger partial charge < -0.3 is 24.4 Å². The molecule has 0 bridgehead atoms. The molecule has 0 aromatic heterocycles. The summed E-state index contributed by atoms with van der Waals surface area (Å²) in [6.45, 7) is 2.87. The molecule has 1 saturated carbocycles. The molecule has 1 fully saturated rings. The van der Waals surface area contributed by atoms with Crippen LogP contribution in [0.15, 0.2) is 0 Å². The molecule has 1 aliphatic rings. The van der Waals surface area contributed by atoms with Gasteiger partial charge in [0.25, 0.3) is 0 Å². The Morgan fingerprint density at radius 1 is 1.20 bits per heavy atom. The zero-order valence-electron chi connectivity index (χ0n) is 14.2. The summed E-state index contributed by atoms with van der Waals surface area (Å²) in [5.41, 5.74) is 0. The van der Waals surface area contributed by atoms with Crippen molar-refractivity contribution >= 4 is 26.6 Å². The number of hydrogen-bond acceptors (Lipinski definition) is 8. The van der Waals surface area contributed by atoms with E-state index in [2.05, 4.69) is 9.26 Å². The van der Waals surface area contributed by atoms with E-state index in [-0.39, 0.29) is 30.3 Å². The van der Waals surface area contributed by atoms with Crippen LogP contribution in [0.2, 0.25) is 0 Å². The number of carbonyl (C=O) groups excluding carboxylic acids is 2. The molecule has 11 heteroatoms. The maximum absolute atomic E-state index is 12.0. The van der Waals surface area contributed by atoms with Crippen molar-refractivity contribution in [1.82, 2.24) is 4.90 Å². The number of carboxylic acids is 1. The third-order valence-corrected chi connectivity index (χ3v) is 4.01. The van der Waals surface area contributed by atoms with E-state index in [0.29, 0.717) is 19.4 Å². The fraction of sp³-hybridized carbons (Fsp3) is 0.786. The fourth-order valence-electron chi connectivity index (χ4n) is 2.32. The molecule has 3 N–H and O–H groups in total. The molecular weight excluding hydrogens is 357 g/mol. The molecule has 1 aliphatic carbocycles. The minimum atomic E-state index is -2.67. The molecule has 0 aliphatic heterocycles. The topological polar surface area (TPSA) is 143 Å². The zero-order chi connectivity index (χ0) is 19.0. The van der Waals surface area contributed by atoms with Crippen LogP contribution < -0.4 is 0 Å². The molecule has 0 aromatic carbocycles. The summed E-state index contributed by atoms with van der Waals surface area (Å²) >= 11 is 0. The predicted molar refractivity (Wildman–Crippen MR) is 85.0 cm³/mol. The molecule has 0 saturated heterocycles. The largest absolute Gasteiger partial charge is 0.480 e. The first-order chi connectivity index (χ1) is 11.7. The van der Waals surface area contributed by atoms with Crippen LogP contribution in [-0.2, 0) is 23.6 Å². The van der Waals surface area contributed by atoms with Crippen LogP contribution in [0.1, 0.15) is 26.7 Å². The Labute approximate surface area is 146 Å². The highest BCUT2D eigenvalue weighted by atomic mass is 31.2. The van der Waals surface area contributed by atoms with Crippen molar-refractivity contribution in [2.24, 2.45) is 17.8 Å². The van der Waals surface area contributed by atoms with E-state index in [0.717, 1.165) is 4.90 Å². The average Bonchev–Trinajstić information content (AvgIpc) is 2.47. The lowest BCUT2D eigenvalue weighted by molar-refractivity contribution is -0.156. The number of aliphatic carboxylic acids is 1. The van der Waals surface area contributed by atoms with E-state index in [1.165, 1.54) is 0 Å². The van der Waals surface area contributed by atoms with Gasteiger partial charge in [-0.25, -0.2) is 4.79 Å². The minimum absolute atomic E-state index is 0.0274. The first-order valence-electron chi connectivity index (χ1n) is 7.81. The van der Waals surface area contributed by atoms with Gasteiger partial charge in [0, 0.05) is 6.54 Å². The number of carboxylic acid groups (broad SMARTS) is 1. The van der Waals surface area contributed by atoms with Gasteiger partial charge in [-0.05, 0) is 24.7 Å². The van der Waals surface area contributed by atoms with E-state index in [1.807, 2.05) is 13.8 Å². The van der Waals surface area contributed by atoms with Gasteiger partial charge in [0.2, 0.25) is 6.79 Å². The highest BCUT2D eigenvalue weighted by Crippen LogP contribution is 2.36. The number of esters is 1. The minimum Gasteiger partial charge on any atom is -0.480 e. The summed E-state index contributed by atoms with van der Waals surface area (Å²) in [5, 5.41) is 8.92. The number of amides is 1. The number of rotatable bonds is 10. The first-order valence-corrected chi connectivity index (χ1v) is 8.98. The van der Waals surface area contributed by atoms with Gasteiger partial charge in [-0.1, -0.05) is 13.8 Å². The Balaban J connectivity index is 2.55. The highest BCUT2D eigenvalue weighted by Gasteiger charge is 2.40.